The van der Waals surface area contributed by atoms with E-state index in [2.05, 4.69) is 71.8 Å². The number of rotatable bonds is 3. The van der Waals surface area contributed by atoms with Crippen LogP contribution in [0.25, 0.3) is 23.2 Å². The van der Waals surface area contributed by atoms with Gasteiger partial charge in [0.1, 0.15) is 5.75 Å². The summed E-state index contributed by atoms with van der Waals surface area (Å²) in [6.45, 7) is 0. The highest BCUT2D eigenvalue weighted by atomic mass is 16.5. The number of hydrogen-bond donors (Lipinski definition) is 0. The third-order valence-electron chi connectivity index (χ3n) is 3.83. The quantitative estimate of drug-likeness (QED) is 0.673. The second-order valence-corrected chi connectivity index (χ2v) is 5.07. The Labute approximate surface area is 124 Å². The maximum Gasteiger partial charge on any atom is 0.281 e. The second kappa shape index (κ2) is 5.44. The first-order valence-corrected chi connectivity index (χ1v) is 6.96. The molecule has 0 saturated carbocycles. The third-order valence-corrected chi connectivity index (χ3v) is 3.83. The number of imidazole rings is 1. The molecule has 3 aromatic rings. The molecule has 0 radical (unpaired) electrons. The molecule has 106 valence electrons. The molecular weight excluding hydrogens is 260 g/mol. The number of ether oxygens (including phenoxy) is 1. The maximum absolute atomic E-state index is 5.18. The van der Waals surface area contributed by atoms with Gasteiger partial charge in [0.05, 0.1) is 21.2 Å². The molecule has 0 unspecified atom stereocenters. The van der Waals surface area contributed by atoms with E-state index in [0.717, 1.165) is 17.1 Å². The van der Waals surface area contributed by atoms with E-state index in [1.54, 1.807) is 7.11 Å². The number of aromatic nitrogens is 2. The highest BCUT2D eigenvalue weighted by Crippen LogP contribution is 2.16. The summed E-state index contributed by atoms with van der Waals surface area (Å²) >= 11 is 0. The lowest BCUT2D eigenvalue weighted by Crippen LogP contribution is -2.30. The Morgan fingerprint density at radius 3 is 2.38 bits per heavy atom. The van der Waals surface area contributed by atoms with E-state index in [-0.39, 0.29) is 0 Å². The Kier molecular flexibility index (Phi) is 3.48. The lowest BCUT2D eigenvalue weighted by Gasteiger charge is -1.98. The number of fused-ring (bicyclic) bond motifs is 1. The van der Waals surface area contributed by atoms with Gasteiger partial charge in [-0.25, -0.2) is 9.13 Å². The number of benzene rings is 2. The van der Waals surface area contributed by atoms with Gasteiger partial charge >= 0.3 is 0 Å². The van der Waals surface area contributed by atoms with Crippen molar-refractivity contribution in [3.8, 4) is 5.75 Å². The number of methoxy groups -OCH3 is 1. The zero-order chi connectivity index (χ0) is 14.8. The van der Waals surface area contributed by atoms with Crippen LogP contribution >= 0.6 is 0 Å². The fraction of sp³-hybridized carbons (Fsp3) is 0.167. The molecule has 0 fully saturated rings. The molecular formula is C18H19N2O+. The molecule has 0 spiro atoms. The number of aryl methyl sites for hydroxylation is 2. The van der Waals surface area contributed by atoms with Gasteiger partial charge in [-0.1, -0.05) is 24.3 Å². The average molecular weight is 279 g/mol. The molecule has 0 atom stereocenters. The molecule has 0 N–H and O–H groups in total. The van der Waals surface area contributed by atoms with Crippen LogP contribution < -0.4 is 9.30 Å². The van der Waals surface area contributed by atoms with E-state index in [1.165, 1.54) is 11.0 Å². The molecule has 2 aromatic carbocycles. The third kappa shape index (κ3) is 2.42. The zero-order valence-corrected chi connectivity index (χ0v) is 12.6. The van der Waals surface area contributed by atoms with Gasteiger partial charge in [-0.15, -0.1) is 0 Å². The van der Waals surface area contributed by atoms with Gasteiger partial charge in [0.15, 0.2) is 11.0 Å². The van der Waals surface area contributed by atoms with Crippen LogP contribution in [0.4, 0.5) is 0 Å². The normalized spacial score (nSPS) is 11.4. The predicted molar refractivity (Wildman–Crippen MR) is 86.0 cm³/mol. The topological polar surface area (TPSA) is 18.0 Å². The molecule has 3 nitrogen and oxygen atoms in total. The van der Waals surface area contributed by atoms with Crippen molar-refractivity contribution in [2.45, 2.75) is 0 Å². The molecule has 0 amide bonds. The van der Waals surface area contributed by atoms with Crippen molar-refractivity contribution in [2.24, 2.45) is 14.1 Å². The van der Waals surface area contributed by atoms with E-state index in [0.29, 0.717) is 0 Å². The van der Waals surface area contributed by atoms with Gasteiger partial charge in [-0.3, -0.25) is 0 Å². The molecule has 1 heterocycles. The molecule has 21 heavy (non-hydrogen) atoms. The van der Waals surface area contributed by atoms with Crippen LogP contribution in [0.15, 0.2) is 48.5 Å². The van der Waals surface area contributed by atoms with E-state index < -0.39 is 0 Å². The van der Waals surface area contributed by atoms with Crippen molar-refractivity contribution < 1.29 is 9.30 Å². The summed E-state index contributed by atoms with van der Waals surface area (Å²) in [6.07, 6.45) is 4.26. The Hall–Kier alpha value is -2.55. The minimum absolute atomic E-state index is 0.877. The Balaban J connectivity index is 1.99. The van der Waals surface area contributed by atoms with Crippen LogP contribution in [0.1, 0.15) is 11.4 Å². The van der Waals surface area contributed by atoms with Crippen LogP contribution in [0, 0.1) is 0 Å². The van der Waals surface area contributed by atoms with Crippen molar-refractivity contribution in [3.05, 3.63) is 59.9 Å². The molecule has 0 aliphatic carbocycles. The van der Waals surface area contributed by atoms with Gasteiger partial charge in [0, 0.05) is 6.08 Å². The highest BCUT2D eigenvalue weighted by Gasteiger charge is 2.16. The van der Waals surface area contributed by atoms with Gasteiger partial charge in [-0.05, 0) is 35.9 Å². The van der Waals surface area contributed by atoms with Crippen molar-refractivity contribution in [1.82, 2.24) is 4.57 Å². The van der Waals surface area contributed by atoms with Gasteiger partial charge in [-0.2, -0.15) is 0 Å². The number of hydrogen-bond acceptors (Lipinski definition) is 1. The minimum Gasteiger partial charge on any atom is -0.497 e. The summed E-state index contributed by atoms with van der Waals surface area (Å²) in [6, 6.07) is 16.5. The smallest absolute Gasteiger partial charge is 0.281 e. The van der Waals surface area contributed by atoms with Crippen LogP contribution in [-0.2, 0) is 14.1 Å². The second-order valence-electron chi connectivity index (χ2n) is 5.07. The summed E-state index contributed by atoms with van der Waals surface area (Å²) in [5, 5.41) is 0. The van der Waals surface area contributed by atoms with E-state index in [1.807, 2.05) is 12.1 Å². The van der Waals surface area contributed by atoms with E-state index in [4.69, 9.17) is 4.74 Å². The summed E-state index contributed by atoms with van der Waals surface area (Å²) < 4.78 is 9.59. The summed E-state index contributed by atoms with van der Waals surface area (Å²) in [5.41, 5.74) is 3.62. The average Bonchev–Trinajstić information content (AvgIpc) is 2.78. The van der Waals surface area contributed by atoms with Crippen LogP contribution in [0.3, 0.4) is 0 Å². The Morgan fingerprint density at radius 2 is 1.71 bits per heavy atom. The number of para-hydroxylation sites is 2. The fourth-order valence-electron chi connectivity index (χ4n) is 2.61. The van der Waals surface area contributed by atoms with Gasteiger partial charge < -0.3 is 4.74 Å². The van der Waals surface area contributed by atoms with Gasteiger partial charge in [0.25, 0.3) is 5.82 Å². The maximum atomic E-state index is 5.18. The first kappa shape index (κ1) is 13.4. The monoisotopic (exact) mass is 279 g/mol. The lowest BCUT2D eigenvalue weighted by molar-refractivity contribution is -0.647. The number of nitrogens with zero attached hydrogens (tertiary/aromatic N) is 2. The molecule has 3 rings (SSSR count). The van der Waals surface area contributed by atoms with Crippen molar-refractivity contribution in [2.75, 3.05) is 7.11 Å². The summed E-state index contributed by atoms with van der Waals surface area (Å²) in [4.78, 5) is 0. The summed E-state index contributed by atoms with van der Waals surface area (Å²) in [5.74, 6) is 2.04. The zero-order valence-electron chi connectivity index (χ0n) is 12.6. The van der Waals surface area contributed by atoms with Crippen LogP contribution in [0.2, 0.25) is 0 Å². The van der Waals surface area contributed by atoms with Crippen molar-refractivity contribution in [1.29, 1.82) is 0 Å². The predicted octanol–water partition coefficient (Wildman–Crippen LogP) is 3.18. The largest absolute Gasteiger partial charge is 0.497 e. The van der Waals surface area contributed by atoms with Crippen LogP contribution in [-0.4, -0.2) is 11.7 Å². The molecule has 3 heteroatoms. The highest BCUT2D eigenvalue weighted by molar-refractivity contribution is 5.75. The first-order chi connectivity index (χ1) is 10.2. The SMILES string of the molecule is COc1ccc(/C=C/c2n(C)c3ccccc3[n+]2C)cc1. The van der Waals surface area contributed by atoms with E-state index >= 15 is 0 Å². The Morgan fingerprint density at radius 1 is 1.00 bits per heavy atom. The summed E-state index contributed by atoms with van der Waals surface area (Å²) in [7, 11) is 5.87. The van der Waals surface area contributed by atoms with Gasteiger partial charge in [0.2, 0.25) is 0 Å². The Bertz CT molecular complexity index is 759. The fourth-order valence-corrected chi connectivity index (χ4v) is 2.61. The van der Waals surface area contributed by atoms with E-state index in [9.17, 15) is 0 Å². The lowest BCUT2D eigenvalue weighted by atomic mass is 10.2. The standard InChI is InChI=1S/C18H19N2O/c1-19-16-6-4-5-7-17(16)20(2)18(19)13-10-14-8-11-15(21-3)12-9-14/h4-13H,1-3H3/q+1/b13-10+. The molecule has 0 bridgehead atoms. The first-order valence-electron chi connectivity index (χ1n) is 6.96. The van der Waals surface area contributed by atoms with Crippen LogP contribution in [0.5, 0.6) is 5.75 Å². The molecule has 1 aromatic heterocycles. The molecule has 0 aliphatic rings. The molecule has 0 aliphatic heterocycles. The minimum atomic E-state index is 0.877. The molecule has 0 saturated heterocycles. The van der Waals surface area contributed by atoms with Crippen molar-refractivity contribution in [3.63, 3.8) is 0 Å². The van der Waals surface area contributed by atoms with Crippen molar-refractivity contribution >= 4 is 23.2 Å².